The van der Waals surface area contributed by atoms with Crippen LogP contribution in [0.4, 0.5) is 4.39 Å². The van der Waals surface area contributed by atoms with E-state index in [0.717, 1.165) is 18.4 Å². The molecular formula is C23H28Cl2FSSiZr. The molecule has 1 aromatic carbocycles. The molecule has 1 aromatic rings. The van der Waals surface area contributed by atoms with E-state index >= 15 is 0 Å². The molecule has 0 bridgehead atoms. The number of allylic oxidation sites excluding steroid dienone is 6. The van der Waals surface area contributed by atoms with Gasteiger partial charge in [0.25, 0.3) is 0 Å². The second kappa shape index (κ2) is 15.9. The zero-order chi connectivity index (χ0) is 18.2. The van der Waals surface area contributed by atoms with Crippen molar-refractivity contribution in [2.75, 3.05) is 0 Å². The van der Waals surface area contributed by atoms with E-state index in [0.29, 0.717) is 5.25 Å². The molecule has 1 unspecified atom stereocenters. The molecule has 6 heteroatoms. The van der Waals surface area contributed by atoms with Crippen LogP contribution in [0.15, 0.2) is 71.5 Å². The normalized spacial score (nSPS) is 20.6. The number of hydrogen-bond acceptors (Lipinski definition) is 1. The number of hydrogen-bond donors (Lipinski definition) is 0. The summed E-state index contributed by atoms with van der Waals surface area (Å²) < 4.78 is 11.7. The molecule has 1 radical (unpaired) electrons. The second-order valence-electron chi connectivity index (χ2n) is 7.19. The van der Waals surface area contributed by atoms with Crippen LogP contribution in [0.2, 0.25) is 5.54 Å². The van der Waals surface area contributed by atoms with Gasteiger partial charge < -0.3 is 24.8 Å². The molecule has 1 aliphatic heterocycles. The molecule has 1 saturated carbocycles. The molecule has 1 fully saturated rings. The largest absolute Gasteiger partial charge is 2.00 e. The van der Waals surface area contributed by atoms with Gasteiger partial charge in [-0.3, -0.25) is 0 Å². The zero-order valence-electron chi connectivity index (χ0n) is 16.6. The summed E-state index contributed by atoms with van der Waals surface area (Å²) in [7, 11) is 2.18. The van der Waals surface area contributed by atoms with E-state index in [1.807, 2.05) is 11.8 Å². The molecule has 0 nitrogen and oxygen atoms in total. The van der Waals surface area contributed by atoms with Crippen LogP contribution in [-0.2, 0) is 32.6 Å². The number of rotatable bonds is 0. The van der Waals surface area contributed by atoms with Crippen molar-refractivity contribution in [1.29, 1.82) is 0 Å². The van der Waals surface area contributed by atoms with Gasteiger partial charge in [0.2, 0.25) is 0 Å². The van der Waals surface area contributed by atoms with Crippen molar-refractivity contribution < 1.29 is 55.4 Å². The fourth-order valence-electron chi connectivity index (χ4n) is 3.67. The molecule has 0 saturated heterocycles. The average molecular weight is 546 g/mol. The Morgan fingerprint density at radius 2 is 1.76 bits per heavy atom. The average Bonchev–Trinajstić information content (AvgIpc) is 3.30. The second-order valence-corrected chi connectivity index (χ2v) is 9.36. The molecule has 1 atom stereocenters. The van der Waals surface area contributed by atoms with Gasteiger partial charge in [-0.2, -0.15) is 0 Å². The van der Waals surface area contributed by atoms with E-state index in [1.165, 1.54) is 49.3 Å². The van der Waals surface area contributed by atoms with Crippen molar-refractivity contribution in [1.82, 2.24) is 0 Å². The predicted molar refractivity (Wildman–Crippen MR) is 116 cm³/mol. The summed E-state index contributed by atoms with van der Waals surface area (Å²) >= 11 is 1.93. The maximum Gasteiger partial charge on any atom is 2.00 e. The molecule has 5 rings (SSSR count). The molecule has 4 aliphatic rings. The number of benzene rings is 1. The van der Waals surface area contributed by atoms with Gasteiger partial charge in [0.05, 0.1) is 5.25 Å². The molecule has 0 amide bonds. The molecule has 3 aliphatic carbocycles. The Bertz CT molecular complexity index is 725. The van der Waals surface area contributed by atoms with Gasteiger partial charge in [-0.15, -0.1) is 11.8 Å². The molecular weight excluding hydrogens is 518 g/mol. The minimum atomic E-state index is -0.102. The van der Waals surface area contributed by atoms with Crippen molar-refractivity contribution in [2.24, 2.45) is 0 Å². The Kier molecular flexibility index (Phi) is 15.9. The quantitative estimate of drug-likeness (QED) is 0.432. The summed E-state index contributed by atoms with van der Waals surface area (Å²) in [6.45, 7) is 0. The third kappa shape index (κ3) is 9.44. The fourth-order valence-corrected chi connectivity index (χ4v) is 5.29. The van der Waals surface area contributed by atoms with Gasteiger partial charge in [-0.25, -0.2) is 4.39 Å². The van der Waals surface area contributed by atoms with Crippen LogP contribution in [-0.4, -0.2) is 10.2 Å². The van der Waals surface area contributed by atoms with Crippen LogP contribution < -0.4 is 24.8 Å². The van der Waals surface area contributed by atoms with Crippen LogP contribution in [0.1, 0.15) is 54.9 Å². The first-order valence-electron chi connectivity index (χ1n) is 9.68. The number of fused-ring (bicyclic) bond motifs is 3. The van der Waals surface area contributed by atoms with Gasteiger partial charge >= 0.3 is 26.2 Å². The monoisotopic (exact) mass is 543 g/mol. The Morgan fingerprint density at radius 1 is 1.03 bits per heavy atom. The van der Waals surface area contributed by atoms with E-state index in [9.17, 15) is 4.39 Å². The van der Waals surface area contributed by atoms with E-state index in [2.05, 4.69) is 52.1 Å². The number of halogens is 3. The topological polar surface area (TPSA) is 0 Å². The van der Waals surface area contributed by atoms with Gasteiger partial charge in [-0.05, 0) is 47.1 Å². The molecule has 155 valence electrons. The zero-order valence-corrected chi connectivity index (χ0v) is 22.8. The Morgan fingerprint density at radius 3 is 2.31 bits per heavy atom. The fraction of sp³-hybridized carbons (Fsp3) is 0.391. The predicted octanol–water partition coefficient (Wildman–Crippen LogP) is 0.648. The Balaban J connectivity index is 0.000000425. The summed E-state index contributed by atoms with van der Waals surface area (Å²) in [5.74, 6) is -0.102. The SMILES string of the molecule is C1=CSC2C(=C1)Cc1ccccc12.FC1=CCC=C1.[Cl-].[Cl-].[SiH2]C1CCCCC1.[Zr+2]. The van der Waals surface area contributed by atoms with Crippen molar-refractivity contribution in [3.8, 4) is 0 Å². The maximum atomic E-state index is 11.7. The van der Waals surface area contributed by atoms with Crippen molar-refractivity contribution in [2.45, 2.75) is 55.7 Å². The molecule has 0 aromatic heterocycles. The minimum absolute atomic E-state index is 0. The van der Waals surface area contributed by atoms with E-state index in [4.69, 9.17) is 0 Å². The van der Waals surface area contributed by atoms with Crippen molar-refractivity contribution in [3.05, 3.63) is 82.6 Å². The first kappa shape index (κ1) is 29.1. The molecule has 0 spiro atoms. The van der Waals surface area contributed by atoms with E-state index < -0.39 is 0 Å². The third-order valence-electron chi connectivity index (χ3n) is 5.12. The summed E-state index contributed by atoms with van der Waals surface area (Å²) in [6.07, 6.45) is 18.6. The smallest absolute Gasteiger partial charge is 1.00 e. The Labute approximate surface area is 214 Å². The van der Waals surface area contributed by atoms with Gasteiger partial charge in [0, 0.05) is 10.2 Å². The van der Waals surface area contributed by atoms with E-state index in [1.54, 1.807) is 17.7 Å². The Hall–Kier alpha value is 0.140. The van der Waals surface area contributed by atoms with Crippen LogP contribution in [0.25, 0.3) is 0 Å². The maximum absolute atomic E-state index is 11.7. The first-order valence-corrected chi connectivity index (χ1v) is 11.4. The van der Waals surface area contributed by atoms with E-state index in [-0.39, 0.29) is 56.8 Å². The summed E-state index contributed by atoms with van der Waals surface area (Å²) in [5.41, 5.74) is 5.65. The van der Waals surface area contributed by atoms with Crippen LogP contribution in [0.5, 0.6) is 0 Å². The third-order valence-corrected chi connectivity index (χ3v) is 7.08. The van der Waals surface area contributed by atoms with Gasteiger partial charge in [-0.1, -0.05) is 80.1 Å². The first-order chi connectivity index (χ1) is 12.7. The van der Waals surface area contributed by atoms with Crippen LogP contribution in [0, 0.1) is 0 Å². The van der Waals surface area contributed by atoms with Crippen molar-refractivity contribution in [3.63, 3.8) is 0 Å². The van der Waals surface area contributed by atoms with Crippen molar-refractivity contribution >= 4 is 22.0 Å². The summed E-state index contributed by atoms with van der Waals surface area (Å²) in [5, 5.41) is 2.80. The summed E-state index contributed by atoms with van der Waals surface area (Å²) in [6, 6.07) is 8.78. The standard InChI is InChI=1S/C12H10S.C6H13Si.C5H5F.2ClH.Zr/c1-2-6-11-9(4-1)8-10-5-3-7-13-12(10)11;7-6-4-2-1-3-5-6;6-5-3-1-2-4-5;;;/h1-7,12H,8H2;6H,1-5,7H2;1,3-4H,2H2;2*1H;/q;;;;;+2/p-2. The van der Waals surface area contributed by atoms with Gasteiger partial charge in [0.1, 0.15) is 5.83 Å². The van der Waals surface area contributed by atoms with Crippen LogP contribution in [0.3, 0.4) is 0 Å². The number of thioether (sulfide) groups is 1. The summed E-state index contributed by atoms with van der Waals surface area (Å²) in [4.78, 5) is 0. The molecule has 29 heavy (non-hydrogen) atoms. The molecule has 1 heterocycles. The molecule has 0 N–H and O–H groups in total. The minimum Gasteiger partial charge on any atom is -1.00 e. The van der Waals surface area contributed by atoms with Gasteiger partial charge in [0.15, 0.2) is 0 Å². The van der Waals surface area contributed by atoms with Crippen LogP contribution >= 0.6 is 11.8 Å².